The predicted molar refractivity (Wildman–Crippen MR) is 79.6 cm³/mol. The number of likely N-dealkylation sites (N-methyl/N-ethyl adjacent to an activating group) is 1. The van der Waals surface area contributed by atoms with Gasteiger partial charge in [0.25, 0.3) is 0 Å². The maximum atomic E-state index is 5.96. The number of hydrogen-bond donors (Lipinski definition) is 1. The van der Waals surface area contributed by atoms with Gasteiger partial charge in [0, 0.05) is 25.1 Å². The lowest BCUT2D eigenvalue weighted by atomic mass is 10.1. The molecule has 3 rings (SSSR count). The van der Waals surface area contributed by atoms with Gasteiger partial charge in [-0.05, 0) is 32.0 Å². The van der Waals surface area contributed by atoms with E-state index in [9.17, 15) is 0 Å². The molecule has 1 fully saturated rings. The minimum atomic E-state index is 0.103. The van der Waals surface area contributed by atoms with E-state index < -0.39 is 0 Å². The summed E-state index contributed by atoms with van der Waals surface area (Å²) in [6.07, 6.45) is 2.64. The van der Waals surface area contributed by atoms with Gasteiger partial charge in [0.2, 0.25) is 0 Å². The summed E-state index contributed by atoms with van der Waals surface area (Å²) in [4.78, 5) is 2.24. The summed E-state index contributed by atoms with van der Waals surface area (Å²) >= 11 is 0. The first-order valence-electron chi connectivity index (χ1n) is 7.28. The molecule has 2 atom stereocenters. The number of nitrogens with two attached hydrogens (primary N) is 1. The van der Waals surface area contributed by atoms with Crippen LogP contribution in [0.2, 0.25) is 0 Å². The highest BCUT2D eigenvalue weighted by atomic mass is 16.5. The van der Waals surface area contributed by atoms with Crippen molar-refractivity contribution in [1.29, 1.82) is 0 Å². The summed E-state index contributed by atoms with van der Waals surface area (Å²) in [5.74, 6) is 0.939. The number of para-hydroxylation sites is 1. The molecule has 0 aliphatic carbocycles. The standard InChI is InChI=1S/C16H22N2O2/c1-18(11-13-6-4-8-19-13)14(10-17)16-9-12-5-2-3-7-15(12)20-16/h2-3,5,7,9,13-14H,4,6,8,10-11,17H2,1H3. The smallest absolute Gasteiger partial charge is 0.134 e. The SMILES string of the molecule is CN(CC1CCCO1)C(CN)c1cc2ccccc2o1. The van der Waals surface area contributed by atoms with Crippen LogP contribution in [0.3, 0.4) is 0 Å². The fourth-order valence-corrected chi connectivity index (χ4v) is 2.92. The van der Waals surface area contributed by atoms with Gasteiger partial charge < -0.3 is 14.9 Å². The van der Waals surface area contributed by atoms with E-state index in [2.05, 4.69) is 24.1 Å². The van der Waals surface area contributed by atoms with E-state index in [-0.39, 0.29) is 6.04 Å². The zero-order chi connectivity index (χ0) is 13.9. The third-order valence-corrected chi connectivity index (χ3v) is 4.04. The fraction of sp³-hybridized carbons (Fsp3) is 0.500. The van der Waals surface area contributed by atoms with Crippen molar-refractivity contribution in [2.75, 3.05) is 26.7 Å². The zero-order valence-electron chi connectivity index (χ0n) is 11.9. The fourth-order valence-electron chi connectivity index (χ4n) is 2.92. The van der Waals surface area contributed by atoms with Gasteiger partial charge in [-0.1, -0.05) is 18.2 Å². The van der Waals surface area contributed by atoms with E-state index in [1.807, 2.05) is 18.2 Å². The highest BCUT2D eigenvalue weighted by Crippen LogP contribution is 2.27. The number of furan rings is 1. The second kappa shape index (κ2) is 5.95. The third-order valence-electron chi connectivity index (χ3n) is 4.04. The van der Waals surface area contributed by atoms with Gasteiger partial charge in [0.1, 0.15) is 11.3 Å². The van der Waals surface area contributed by atoms with Gasteiger partial charge in [-0.2, -0.15) is 0 Å². The van der Waals surface area contributed by atoms with Crippen LogP contribution >= 0.6 is 0 Å². The highest BCUT2D eigenvalue weighted by molar-refractivity contribution is 5.77. The van der Waals surface area contributed by atoms with E-state index in [4.69, 9.17) is 14.9 Å². The first kappa shape index (κ1) is 13.6. The van der Waals surface area contributed by atoms with Crippen LogP contribution in [-0.2, 0) is 4.74 Å². The molecular weight excluding hydrogens is 252 g/mol. The molecule has 0 saturated carbocycles. The normalized spacial score (nSPS) is 20.9. The maximum Gasteiger partial charge on any atom is 0.134 e. The summed E-state index contributed by atoms with van der Waals surface area (Å²) < 4.78 is 11.6. The molecule has 1 aliphatic rings. The largest absolute Gasteiger partial charge is 0.459 e. The first-order chi connectivity index (χ1) is 9.78. The minimum absolute atomic E-state index is 0.103. The number of fused-ring (bicyclic) bond motifs is 1. The van der Waals surface area contributed by atoms with E-state index in [1.165, 1.54) is 0 Å². The molecule has 1 aliphatic heterocycles. The lowest BCUT2D eigenvalue weighted by Crippen LogP contribution is -2.35. The summed E-state index contributed by atoms with van der Waals surface area (Å²) in [6, 6.07) is 10.3. The Labute approximate surface area is 119 Å². The molecule has 2 N–H and O–H groups in total. The van der Waals surface area contributed by atoms with Crippen LogP contribution in [0.1, 0.15) is 24.6 Å². The quantitative estimate of drug-likeness (QED) is 0.910. The Morgan fingerprint density at radius 1 is 1.40 bits per heavy atom. The van der Waals surface area contributed by atoms with Crippen LogP contribution < -0.4 is 5.73 Å². The average molecular weight is 274 g/mol. The minimum Gasteiger partial charge on any atom is -0.459 e. The summed E-state index contributed by atoms with van der Waals surface area (Å²) in [5.41, 5.74) is 6.88. The number of rotatable bonds is 5. The van der Waals surface area contributed by atoms with E-state index >= 15 is 0 Å². The van der Waals surface area contributed by atoms with Crippen LogP contribution in [-0.4, -0.2) is 37.7 Å². The molecule has 0 spiro atoms. The number of nitrogens with zero attached hydrogens (tertiary/aromatic N) is 1. The van der Waals surface area contributed by atoms with Crippen molar-refractivity contribution in [3.8, 4) is 0 Å². The van der Waals surface area contributed by atoms with Crippen molar-refractivity contribution >= 4 is 11.0 Å². The van der Waals surface area contributed by atoms with Crippen LogP contribution in [0.4, 0.5) is 0 Å². The van der Waals surface area contributed by atoms with Gasteiger partial charge in [0.15, 0.2) is 0 Å². The Kier molecular flexibility index (Phi) is 4.05. The number of benzene rings is 1. The molecule has 1 aromatic carbocycles. The molecule has 1 aromatic heterocycles. The average Bonchev–Trinajstić information content (AvgIpc) is 3.08. The molecule has 0 radical (unpaired) electrons. The molecule has 2 unspecified atom stereocenters. The molecule has 20 heavy (non-hydrogen) atoms. The van der Waals surface area contributed by atoms with Gasteiger partial charge in [-0.15, -0.1) is 0 Å². The number of hydrogen-bond acceptors (Lipinski definition) is 4. The summed E-state index contributed by atoms with van der Waals surface area (Å²) in [7, 11) is 2.09. The lowest BCUT2D eigenvalue weighted by molar-refractivity contribution is 0.0658. The van der Waals surface area contributed by atoms with Gasteiger partial charge >= 0.3 is 0 Å². The van der Waals surface area contributed by atoms with Crippen LogP contribution in [0, 0.1) is 0 Å². The van der Waals surface area contributed by atoms with Gasteiger partial charge in [-0.3, -0.25) is 4.90 Å². The Hall–Kier alpha value is -1.36. The van der Waals surface area contributed by atoms with Crippen molar-refractivity contribution < 1.29 is 9.15 Å². The monoisotopic (exact) mass is 274 g/mol. The van der Waals surface area contributed by atoms with Crippen LogP contribution in [0.5, 0.6) is 0 Å². The lowest BCUT2D eigenvalue weighted by Gasteiger charge is -2.27. The van der Waals surface area contributed by atoms with Crippen molar-refractivity contribution in [2.45, 2.75) is 25.0 Å². The first-order valence-corrected chi connectivity index (χ1v) is 7.28. The Bertz CT molecular complexity index is 527. The van der Waals surface area contributed by atoms with Gasteiger partial charge in [-0.25, -0.2) is 0 Å². The van der Waals surface area contributed by atoms with E-state index in [0.29, 0.717) is 12.6 Å². The molecule has 2 heterocycles. The zero-order valence-corrected chi connectivity index (χ0v) is 11.9. The molecule has 2 aromatic rings. The van der Waals surface area contributed by atoms with Crippen molar-refractivity contribution in [1.82, 2.24) is 4.90 Å². The van der Waals surface area contributed by atoms with Crippen LogP contribution in [0.15, 0.2) is 34.7 Å². The third kappa shape index (κ3) is 2.73. The molecule has 1 saturated heterocycles. The van der Waals surface area contributed by atoms with Gasteiger partial charge in [0.05, 0.1) is 12.1 Å². The number of ether oxygens (including phenoxy) is 1. The summed E-state index contributed by atoms with van der Waals surface area (Å²) in [5, 5.41) is 1.13. The van der Waals surface area contributed by atoms with Crippen LogP contribution in [0.25, 0.3) is 11.0 Å². The van der Waals surface area contributed by atoms with E-state index in [1.54, 1.807) is 0 Å². The second-order valence-electron chi connectivity index (χ2n) is 5.51. The van der Waals surface area contributed by atoms with Crippen molar-refractivity contribution in [2.24, 2.45) is 5.73 Å². The summed E-state index contributed by atoms with van der Waals surface area (Å²) in [6.45, 7) is 2.33. The molecule has 4 nitrogen and oxygen atoms in total. The van der Waals surface area contributed by atoms with Crippen molar-refractivity contribution in [3.63, 3.8) is 0 Å². The highest BCUT2D eigenvalue weighted by Gasteiger charge is 2.24. The Morgan fingerprint density at radius 3 is 2.95 bits per heavy atom. The topological polar surface area (TPSA) is 51.6 Å². The molecule has 0 bridgehead atoms. The van der Waals surface area contributed by atoms with E-state index in [0.717, 1.165) is 42.7 Å². The molecule has 4 heteroatoms. The Morgan fingerprint density at radius 2 is 2.25 bits per heavy atom. The van der Waals surface area contributed by atoms with Crippen molar-refractivity contribution in [3.05, 3.63) is 36.1 Å². The molecule has 0 amide bonds. The second-order valence-corrected chi connectivity index (χ2v) is 5.51. The predicted octanol–water partition coefficient (Wildman–Crippen LogP) is 2.54. The molecule has 108 valence electrons. The Balaban J connectivity index is 1.77. The maximum absolute atomic E-state index is 5.96. The molecular formula is C16H22N2O2.